The monoisotopic (exact) mass is 201 g/mol. The van der Waals surface area contributed by atoms with Crippen LogP contribution in [0.15, 0.2) is 0 Å². The van der Waals surface area contributed by atoms with Gasteiger partial charge in [0.1, 0.15) is 0 Å². The lowest BCUT2D eigenvalue weighted by Crippen LogP contribution is -2.40. The first-order chi connectivity index (χ1) is 6.69. The van der Waals surface area contributed by atoms with Crippen molar-refractivity contribution in [1.82, 2.24) is 4.90 Å². The van der Waals surface area contributed by atoms with E-state index in [9.17, 15) is 4.79 Å². The van der Waals surface area contributed by atoms with Gasteiger partial charge >= 0.3 is 6.09 Å². The maximum absolute atomic E-state index is 11.2. The predicted octanol–water partition coefficient (Wildman–Crippen LogP) is 1.24. The number of hydrogen-bond donors (Lipinski definition) is 1. The molecule has 0 aromatic rings. The van der Waals surface area contributed by atoms with E-state index < -0.39 is 0 Å². The van der Waals surface area contributed by atoms with Crippen molar-refractivity contribution in [2.75, 3.05) is 20.8 Å². The summed E-state index contributed by atoms with van der Waals surface area (Å²) in [4.78, 5) is 12.9. The standard InChI is InChI=1S/C10H19NO3/c1-11(10(13)14-2)9-5-3-4-8(6-9)7-12/h8-9,12H,3-7H2,1-2H3. The molecule has 0 spiro atoms. The van der Waals surface area contributed by atoms with Crippen LogP contribution in [0.4, 0.5) is 4.79 Å². The van der Waals surface area contributed by atoms with Crippen LogP contribution in [0.3, 0.4) is 0 Å². The molecule has 82 valence electrons. The molecule has 1 fully saturated rings. The number of carbonyl (C=O) groups excluding carboxylic acids is 1. The Bertz CT molecular complexity index is 196. The van der Waals surface area contributed by atoms with Gasteiger partial charge in [-0.3, -0.25) is 0 Å². The third-order valence-electron chi connectivity index (χ3n) is 3.02. The lowest BCUT2D eigenvalue weighted by Gasteiger charge is -2.33. The normalized spacial score (nSPS) is 27.1. The van der Waals surface area contributed by atoms with Crippen LogP contribution in [0, 0.1) is 5.92 Å². The summed E-state index contributed by atoms with van der Waals surface area (Å²) in [6.07, 6.45) is 3.78. The number of methoxy groups -OCH3 is 1. The second kappa shape index (κ2) is 5.20. The van der Waals surface area contributed by atoms with Crippen LogP contribution < -0.4 is 0 Å². The van der Waals surface area contributed by atoms with E-state index >= 15 is 0 Å². The molecule has 1 N–H and O–H groups in total. The third kappa shape index (κ3) is 2.61. The van der Waals surface area contributed by atoms with E-state index in [1.165, 1.54) is 7.11 Å². The van der Waals surface area contributed by atoms with Gasteiger partial charge in [0.05, 0.1) is 7.11 Å². The zero-order valence-corrected chi connectivity index (χ0v) is 8.90. The summed E-state index contributed by atoms with van der Waals surface area (Å²) in [5.74, 6) is 0.348. The first kappa shape index (κ1) is 11.3. The topological polar surface area (TPSA) is 49.8 Å². The molecule has 2 unspecified atom stereocenters. The average molecular weight is 201 g/mol. The van der Waals surface area contributed by atoms with E-state index in [0.717, 1.165) is 25.7 Å². The predicted molar refractivity (Wildman–Crippen MR) is 53.0 cm³/mol. The molecule has 1 amide bonds. The summed E-state index contributed by atoms with van der Waals surface area (Å²) in [5, 5.41) is 9.05. The van der Waals surface area contributed by atoms with Gasteiger partial charge in [0.2, 0.25) is 0 Å². The Kier molecular flexibility index (Phi) is 4.20. The van der Waals surface area contributed by atoms with Crippen LogP contribution in [0.25, 0.3) is 0 Å². The van der Waals surface area contributed by atoms with E-state index in [1.807, 2.05) is 0 Å². The highest BCUT2D eigenvalue weighted by atomic mass is 16.5. The Morgan fingerprint density at radius 1 is 1.57 bits per heavy atom. The summed E-state index contributed by atoms with van der Waals surface area (Å²) in [5.41, 5.74) is 0. The zero-order valence-electron chi connectivity index (χ0n) is 8.90. The minimum atomic E-state index is -0.284. The molecule has 0 saturated heterocycles. The Morgan fingerprint density at radius 3 is 2.86 bits per heavy atom. The number of ether oxygens (including phenoxy) is 1. The number of amides is 1. The van der Waals surface area contributed by atoms with Gasteiger partial charge < -0.3 is 14.7 Å². The van der Waals surface area contributed by atoms with Gasteiger partial charge in [-0.05, 0) is 25.2 Å². The van der Waals surface area contributed by atoms with E-state index in [2.05, 4.69) is 4.74 Å². The summed E-state index contributed by atoms with van der Waals surface area (Å²) in [6, 6.07) is 0.230. The van der Waals surface area contributed by atoms with E-state index in [4.69, 9.17) is 5.11 Å². The molecular formula is C10H19NO3. The molecule has 0 radical (unpaired) electrons. The molecule has 0 aromatic heterocycles. The van der Waals surface area contributed by atoms with Crippen LogP contribution in [0.2, 0.25) is 0 Å². The SMILES string of the molecule is COC(=O)N(C)C1CCCC(CO)C1. The minimum absolute atomic E-state index is 0.228. The molecule has 14 heavy (non-hydrogen) atoms. The van der Waals surface area contributed by atoms with E-state index in [-0.39, 0.29) is 18.7 Å². The number of carbonyl (C=O) groups is 1. The molecule has 2 atom stereocenters. The van der Waals surface area contributed by atoms with Gasteiger partial charge in [0.15, 0.2) is 0 Å². The Balaban J connectivity index is 2.46. The van der Waals surface area contributed by atoms with Gasteiger partial charge in [-0.2, -0.15) is 0 Å². The first-order valence-corrected chi connectivity index (χ1v) is 5.10. The zero-order chi connectivity index (χ0) is 10.6. The Morgan fingerprint density at radius 2 is 2.29 bits per heavy atom. The molecule has 0 bridgehead atoms. The van der Waals surface area contributed by atoms with Crippen molar-refractivity contribution in [3.05, 3.63) is 0 Å². The van der Waals surface area contributed by atoms with Crippen LogP contribution >= 0.6 is 0 Å². The van der Waals surface area contributed by atoms with Crippen molar-refractivity contribution < 1.29 is 14.6 Å². The summed E-state index contributed by atoms with van der Waals surface area (Å²) >= 11 is 0. The Hall–Kier alpha value is -0.770. The number of rotatable bonds is 2. The molecule has 1 aliphatic carbocycles. The fourth-order valence-electron chi connectivity index (χ4n) is 2.07. The number of nitrogens with zero attached hydrogens (tertiary/aromatic N) is 1. The second-order valence-corrected chi connectivity index (χ2v) is 3.95. The van der Waals surface area contributed by atoms with Crippen LogP contribution in [-0.4, -0.2) is 42.9 Å². The molecule has 0 heterocycles. The average Bonchev–Trinajstić information content (AvgIpc) is 2.27. The van der Waals surface area contributed by atoms with Gasteiger partial charge in [-0.1, -0.05) is 6.42 Å². The maximum atomic E-state index is 11.2. The van der Waals surface area contributed by atoms with Crippen molar-refractivity contribution in [2.45, 2.75) is 31.7 Å². The molecule has 1 saturated carbocycles. The van der Waals surface area contributed by atoms with Crippen LogP contribution in [-0.2, 0) is 4.74 Å². The lowest BCUT2D eigenvalue weighted by atomic mass is 9.86. The molecule has 4 nitrogen and oxygen atoms in total. The summed E-state index contributed by atoms with van der Waals surface area (Å²) < 4.78 is 4.66. The highest BCUT2D eigenvalue weighted by Gasteiger charge is 2.27. The smallest absolute Gasteiger partial charge is 0.409 e. The highest BCUT2D eigenvalue weighted by molar-refractivity contribution is 5.67. The van der Waals surface area contributed by atoms with Crippen molar-refractivity contribution in [1.29, 1.82) is 0 Å². The fraction of sp³-hybridized carbons (Fsp3) is 0.900. The van der Waals surface area contributed by atoms with Gasteiger partial charge in [0.25, 0.3) is 0 Å². The second-order valence-electron chi connectivity index (χ2n) is 3.95. The highest BCUT2D eigenvalue weighted by Crippen LogP contribution is 2.26. The van der Waals surface area contributed by atoms with Crippen LogP contribution in [0.5, 0.6) is 0 Å². The molecule has 0 aromatic carbocycles. The van der Waals surface area contributed by atoms with Gasteiger partial charge in [0, 0.05) is 19.7 Å². The van der Waals surface area contributed by atoms with Crippen molar-refractivity contribution in [3.63, 3.8) is 0 Å². The van der Waals surface area contributed by atoms with Crippen molar-refractivity contribution in [3.8, 4) is 0 Å². The Labute approximate surface area is 84.8 Å². The van der Waals surface area contributed by atoms with Gasteiger partial charge in [-0.25, -0.2) is 4.79 Å². The molecule has 4 heteroatoms. The summed E-state index contributed by atoms with van der Waals surface area (Å²) in [7, 11) is 3.15. The van der Waals surface area contributed by atoms with Gasteiger partial charge in [-0.15, -0.1) is 0 Å². The van der Waals surface area contributed by atoms with Crippen LogP contribution in [0.1, 0.15) is 25.7 Å². The number of aliphatic hydroxyl groups is 1. The maximum Gasteiger partial charge on any atom is 0.409 e. The summed E-state index contributed by atoms with van der Waals surface area (Å²) in [6.45, 7) is 0.228. The molecule has 0 aliphatic heterocycles. The third-order valence-corrected chi connectivity index (χ3v) is 3.02. The molecule has 1 rings (SSSR count). The molecule has 1 aliphatic rings. The molecular weight excluding hydrogens is 182 g/mol. The lowest BCUT2D eigenvalue weighted by molar-refractivity contribution is 0.0876. The number of aliphatic hydroxyl groups excluding tert-OH is 1. The largest absolute Gasteiger partial charge is 0.453 e. The van der Waals surface area contributed by atoms with E-state index in [1.54, 1.807) is 11.9 Å². The first-order valence-electron chi connectivity index (χ1n) is 5.10. The van der Waals surface area contributed by atoms with E-state index in [0.29, 0.717) is 5.92 Å². The number of hydrogen-bond acceptors (Lipinski definition) is 3. The fourth-order valence-corrected chi connectivity index (χ4v) is 2.07. The van der Waals surface area contributed by atoms with Crippen molar-refractivity contribution in [2.24, 2.45) is 5.92 Å². The van der Waals surface area contributed by atoms with Crippen molar-refractivity contribution >= 4 is 6.09 Å². The minimum Gasteiger partial charge on any atom is -0.453 e. The quantitative estimate of drug-likeness (QED) is 0.731.